The zero-order valence-electron chi connectivity index (χ0n) is 29.4. The van der Waals surface area contributed by atoms with Crippen LogP contribution < -0.4 is 25.5 Å². The molecule has 5 rings (SSSR count). The summed E-state index contributed by atoms with van der Waals surface area (Å²) in [6.07, 6.45) is 5.22. The highest BCUT2D eigenvalue weighted by Crippen LogP contribution is 2.38. The molecule has 5 aromatic rings. The van der Waals surface area contributed by atoms with Gasteiger partial charge in [-0.05, 0) is 65.6 Å². The number of carbonyl (C=O) groups is 2. The topological polar surface area (TPSA) is 109 Å². The fourth-order valence-electron chi connectivity index (χ4n) is 5.47. The Morgan fingerprint density at radius 1 is 0.843 bits per heavy atom. The number of rotatable bonds is 12. The van der Waals surface area contributed by atoms with Crippen LogP contribution in [0.5, 0.6) is 5.75 Å². The van der Waals surface area contributed by atoms with E-state index in [1.54, 1.807) is 53.4 Å². The van der Waals surface area contributed by atoms with E-state index in [-0.39, 0.29) is 56.1 Å². The minimum absolute atomic E-state index is 0.00511. The van der Waals surface area contributed by atoms with Crippen LogP contribution in [0.15, 0.2) is 90.0 Å². The first-order valence-corrected chi connectivity index (χ1v) is 17.7. The highest BCUT2D eigenvalue weighted by atomic mass is 35.5. The molecule has 3 N–H and O–H groups in total. The number of aromatic nitrogens is 3. The summed E-state index contributed by atoms with van der Waals surface area (Å²) in [5.41, 5.74) is 2.51. The molecular formula is C39H41Cl3N5O4+. The van der Waals surface area contributed by atoms with Gasteiger partial charge in [-0.1, -0.05) is 101 Å². The zero-order valence-corrected chi connectivity index (χ0v) is 31.6. The molecule has 2 heterocycles. The number of hydrogen-bond donors (Lipinski definition) is 3. The van der Waals surface area contributed by atoms with Crippen molar-refractivity contribution in [3.63, 3.8) is 0 Å². The Labute approximate surface area is 312 Å². The van der Waals surface area contributed by atoms with Crippen LogP contribution in [0.3, 0.4) is 0 Å². The van der Waals surface area contributed by atoms with E-state index in [1.165, 1.54) is 23.8 Å². The quantitative estimate of drug-likeness (QED) is 0.111. The fourth-order valence-corrected chi connectivity index (χ4v) is 6.46. The van der Waals surface area contributed by atoms with Gasteiger partial charge in [0.25, 0.3) is 11.8 Å². The number of nitrogens with zero attached hydrogens (tertiary/aromatic N) is 2. The SMILES string of the molecule is CCC(C)(C)c1ccc(OCC(=O)Nc2cccc(C(=O)Nc3[nH]n(-c4c(Cl)cc(Cl)cc4Cl)c(=O)c3-[n+]3ccccc3)c2)c(C(C)(C)CC)c1. The number of pyridine rings is 1. The molecule has 2 amide bonds. The number of anilines is 2. The Morgan fingerprint density at radius 2 is 1.51 bits per heavy atom. The van der Waals surface area contributed by atoms with E-state index in [1.807, 2.05) is 6.07 Å². The number of amides is 2. The van der Waals surface area contributed by atoms with Crippen LogP contribution >= 0.6 is 34.8 Å². The summed E-state index contributed by atoms with van der Waals surface area (Å²) in [5, 5.41) is 9.12. The monoisotopic (exact) mass is 748 g/mol. The van der Waals surface area contributed by atoms with Crippen molar-refractivity contribution in [2.24, 2.45) is 0 Å². The molecule has 0 atom stereocenters. The smallest absolute Gasteiger partial charge is 0.346 e. The van der Waals surface area contributed by atoms with Gasteiger partial charge in [-0.3, -0.25) is 19.5 Å². The maximum absolute atomic E-state index is 13.8. The van der Waals surface area contributed by atoms with Gasteiger partial charge in [-0.15, -0.1) is 0 Å². The molecule has 0 saturated carbocycles. The largest absolute Gasteiger partial charge is 0.483 e. The molecule has 0 bridgehead atoms. The summed E-state index contributed by atoms with van der Waals surface area (Å²) in [5.74, 6) is -0.171. The maximum atomic E-state index is 13.8. The van der Waals surface area contributed by atoms with Crippen molar-refractivity contribution in [3.8, 4) is 17.1 Å². The summed E-state index contributed by atoms with van der Waals surface area (Å²) in [6.45, 7) is 12.9. The summed E-state index contributed by atoms with van der Waals surface area (Å²) in [7, 11) is 0. The molecular weight excluding hydrogens is 709 g/mol. The number of benzene rings is 3. The van der Waals surface area contributed by atoms with Crippen molar-refractivity contribution in [2.45, 2.75) is 65.2 Å². The van der Waals surface area contributed by atoms with Crippen LogP contribution in [-0.2, 0) is 15.6 Å². The third kappa shape index (κ3) is 8.33. The molecule has 0 aliphatic heterocycles. The van der Waals surface area contributed by atoms with Gasteiger partial charge in [0.1, 0.15) is 11.4 Å². The lowest BCUT2D eigenvalue weighted by atomic mass is 9.76. The molecule has 0 unspecified atom stereocenters. The van der Waals surface area contributed by atoms with E-state index in [2.05, 4.69) is 69.4 Å². The second-order valence-corrected chi connectivity index (χ2v) is 14.8. The zero-order chi connectivity index (χ0) is 37.1. The summed E-state index contributed by atoms with van der Waals surface area (Å²) in [4.78, 5) is 40.5. The minimum atomic E-state index is -0.539. The molecule has 0 saturated heterocycles. The summed E-state index contributed by atoms with van der Waals surface area (Å²) < 4.78 is 8.80. The van der Waals surface area contributed by atoms with Gasteiger partial charge in [0.05, 0.1) is 10.0 Å². The lowest BCUT2D eigenvalue weighted by molar-refractivity contribution is -0.595. The first-order chi connectivity index (χ1) is 24.1. The van der Waals surface area contributed by atoms with Gasteiger partial charge >= 0.3 is 11.2 Å². The van der Waals surface area contributed by atoms with Crippen LogP contribution in [0.4, 0.5) is 11.5 Å². The molecule has 0 fully saturated rings. The molecule has 12 heteroatoms. The highest BCUT2D eigenvalue weighted by Gasteiger charge is 2.29. The number of nitrogens with one attached hydrogen (secondary N) is 3. The van der Waals surface area contributed by atoms with Crippen LogP contribution in [0.1, 0.15) is 75.9 Å². The Hall–Kier alpha value is -4.57. The number of hydrogen-bond acceptors (Lipinski definition) is 4. The van der Waals surface area contributed by atoms with Crippen molar-refractivity contribution in [1.82, 2.24) is 9.78 Å². The Bertz CT molecular complexity index is 2120. The second kappa shape index (κ2) is 15.4. The van der Waals surface area contributed by atoms with Crippen molar-refractivity contribution < 1.29 is 18.9 Å². The van der Waals surface area contributed by atoms with E-state index in [9.17, 15) is 14.4 Å². The number of ether oxygens (including phenoxy) is 1. The molecule has 9 nitrogen and oxygen atoms in total. The molecule has 0 aliphatic carbocycles. The molecule has 0 radical (unpaired) electrons. The van der Waals surface area contributed by atoms with E-state index >= 15 is 0 Å². The van der Waals surface area contributed by atoms with Crippen molar-refractivity contribution >= 4 is 58.1 Å². The predicted molar refractivity (Wildman–Crippen MR) is 205 cm³/mol. The third-order valence-corrected chi connectivity index (χ3v) is 10.1. The highest BCUT2D eigenvalue weighted by molar-refractivity contribution is 6.40. The number of aromatic amines is 1. The van der Waals surface area contributed by atoms with E-state index < -0.39 is 11.5 Å². The van der Waals surface area contributed by atoms with Crippen LogP contribution in [0.25, 0.3) is 11.4 Å². The van der Waals surface area contributed by atoms with Crippen LogP contribution in [0, 0.1) is 0 Å². The first-order valence-electron chi connectivity index (χ1n) is 16.6. The van der Waals surface area contributed by atoms with Gasteiger partial charge in [-0.25, -0.2) is 4.68 Å². The van der Waals surface area contributed by atoms with Gasteiger partial charge in [0.2, 0.25) is 5.82 Å². The number of halogens is 3. The van der Waals surface area contributed by atoms with E-state index in [4.69, 9.17) is 39.5 Å². The maximum Gasteiger partial charge on any atom is 0.346 e. The van der Waals surface area contributed by atoms with Gasteiger partial charge in [0, 0.05) is 34.0 Å². The minimum Gasteiger partial charge on any atom is -0.483 e. The van der Waals surface area contributed by atoms with Crippen molar-refractivity contribution in [2.75, 3.05) is 17.2 Å². The lowest BCUT2D eigenvalue weighted by Crippen LogP contribution is -2.37. The summed E-state index contributed by atoms with van der Waals surface area (Å²) >= 11 is 19.0. The van der Waals surface area contributed by atoms with Crippen molar-refractivity contribution in [3.05, 3.63) is 127 Å². The molecule has 2 aromatic heterocycles. The average molecular weight is 750 g/mol. The van der Waals surface area contributed by atoms with E-state index in [0.29, 0.717) is 16.5 Å². The average Bonchev–Trinajstić information content (AvgIpc) is 3.41. The van der Waals surface area contributed by atoms with E-state index in [0.717, 1.165) is 23.1 Å². The van der Waals surface area contributed by atoms with Gasteiger partial charge in [-0.2, -0.15) is 4.57 Å². The van der Waals surface area contributed by atoms with Gasteiger partial charge in [0.15, 0.2) is 19.0 Å². The third-order valence-electron chi connectivity index (χ3n) is 9.31. The molecule has 0 aliphatic rings. The second-order valence-electron chi connectivity index (χ2n) is 13.5. The Morgan fingerprint density at radius 3 is 2.16 bits per heavy atom. The standard InChI is InChI=1S/C39H40Cl3N5O4/c1-7-38(3,4)25-15-16-31(28(20-25)39(5,6)8-2)51-23-32(48)43-27-14-12-13-24(19-27)36(49)44-35-34(46-17-10-9-11-18-46)37(50)47(45-35)33-29(41)21-26(40)22-30(33)42/h9-22H,7-8,23H2,1-6H3,(H2-,43,44,45,48,49,50)/p+1. The van der Waals surface area contributed by atoms with Gasteiger partial charge < -0.3 is 15.4 Å². The van der Waals surface area contributed by atoms with Crippen LogP contribution in [0.2, 0.25) is 15.1 Å². The fraction of sp³-hybridized carbons (Fsp3) is 0.282. The number of H-pyrrole nitrogens is 1. The molecule has 0 spiro atoms. The molecule has 51 heavy (non-hydrogen) atoms. The lowest BCUT2D eigenvalue weighted by Gasteiger charge is -2.30. The Balaban J connectivity index is 1.36. The number of carbonyl (C=O) groups excluding carboxylic acids is 2. The first kappa shape index (κ1) is 37.7. The normalized spacial score (nSPS) is 11.7. The predicted octanol–water partition coefficient (Wildman–Crippen LogP) is 9.05. The summed E-state index contributed by atoms with van der Waals surface area (Å²) in [6, 6.07) is 20.9. The van der Waals surface area contributed by atoms with Crippen molar-refractivity contribution in [1.29, 1.82) is 0 Å². The molecule has 3 aromatic carbocycles. The molecule has 266 valence electrons. The van der Waals surface area contributed by atoms with Crippen LogP contribution in [-0.4, -0.2) is 28.2 Å². The Kier molecular flexibility index (Phi) is 11.3.